The SMILES string of the molecule is C#Cc1cccc(OCCOCC)c1. The highest BCUT2D eigenvalue weighted by Crippen LogP contribution is 2.11. The van der Waals surface area contributed by atoms with Gasteiger partial charge in [-0.2, -0.15) is 0 Å². The summed E-state index contributed by atoms with van der Waals surface area (Å²) < 4.78 is 10.6. The van der Waals surface area contributed by atoms with Gasteiger partial charge in [-0.3, -0.25) is 0 Å². The number of benzene rings is 1. The predicted octanol–water partition coefficient (Wildman–Crippen LogP) is 2.08. The summed E-state index contributed by atoms with van der Waals surface area (Å²) in [7, 11) is 0. The van der Waals surface area contributed by atoms with E-state index in [4.69, 9.17) is 15.9 Å². The fourth-order valence-electron chi connectivity index (χ4n) is 1.04. The lowest BCUT2D eigenvalue weighted by atomic mass is 10.2. The van der Waals surface area contributed by atoms with Crippen LogP contribution in [0.4, 0.5) is 0 Å². The maximum Gasteiger partial charge on any atom is 0.120 e. The van der Waals surface area contributed by atoms with Crippen LogP contribution in [0.25, 0.3) is 0 Å². The summed E-state index contributed by atoms with van der Waals surface area (Å²) in [5.41, 5.74) is 0.832. The van der Waals surface area contributed by atoms with Crippen molar-refractivity contribution in [2.24, 2.45) is 0 Å². The second kappa shape index (κ2) is 6.06. The van der Waals surface area contributed by atoms with Gasteiger partial charge in [0.1, 0.15) is 12.4 Å². The van der Waals surface area contributed by atoms with E-state index in [1.807, 2.05) is 31.2 Å². The van der Waals surface area contributed by atoms with Gasteiger partial charge in [0.15, 0.2) is 0 Å². The zero-order valence-electron chi connectivity index (χ0n) is 8.32. The quantitative estimate of drug-likeness (QED) is 0.523. The molecule has 0 saturated heterocycles. The molecule has 14 heavy (non-hydrogen) atoms. The summed E-state index contributed by atoms with van der Waals surface area (Å²) in [4.78, 5) is 0. The molecule has 2 heteroatoms. The second-order valence-electron chi connectivity index (χ2n) is 2.72. The number of rotatable bonds is 5. The highest BCUT2D eigenvalue weighted by molar-refractivity contribution is 5.38. The molecule has 0 aliphatic rings. The van der Waals surface area contributed by atoms with E-state index in [1.165, 1.54) is 0 Å². The van der Waals surface area contributed by atoms with Gasteiger partial charge < -0.3 is 9.47 Å². The molecule has 1 aromatic rings. The van der Waals surface area contributed by atoms with Crippen LogP contribution in [-0.2, 0) is 4.74 Å². The van der Waals surface area contributed by atoms with Crippen LogP contribution in [0.2, 0.25) is 0 Å². The number of hydrogen-bond acceptors (Lipinski definition) is 2. The zero-order chi connectivity index (χ0) is 10.2. The first-order valence-electron chi connectivity index (χ1n) is 4.64. The van der Waals surface area contributed by atoms with Gasteiger partial charge in [0.05, 0.1) is 6.61 Å². The first-order chi connectivity index (χ1) is 6.86. The van der Waals surface area contributed by atoms with Crippen molar-refractivity contribution in [3.05, 3.63) is 29.8 Å². The van der Waals surface area contributed by atoms with Gasteiger partial charge in [-0.1, -0.05) is 12.0 Å². The Balaban J connectivity index is 2.39. The van der Waals surface area contributed by atoms with Gasteiger partial charge >= 0.3 is 0 Å². The van der Waals surface area contributed by atoms with E-state index in [1.54, 1.807) is 0 Å². The molecule has 0 radical (unpaired) electrons. The van der Waals surface area contributed by atoms with Crippen LogP contribution in [0.3, 0.4) is 0 Å². The molecule has 1 aromatic carbocycles. The monoisotopic (exact) mass is 190 g/mol. The second-order valence-corrected chi connectivity index (χ2v) is 2.72. The first kappa shape index (κ1) is 10.6. The number of terminal acetylenes is 1. The molecule has 2 nitrogen and oxygen atoms in total. The van der Waals surface area contributed by atoms with Crippen LogP contribution in [-0.4, -0.2) is 19.8 Å². The lowest BCUT2D eigenvalue weighted by molar-refractivity contribution is 0.110. The van der Waals surface area contributed by atoms with E-state index in [9.17, 15) is 0 Å². The Bertz CT molecular complexity index is 312. The van der Waals surface area contributed by atoms with E-state index in [0.717, 1.165) is 11.3 Å². The number of ether oxygens (including phenoxy) is 2. The van der Waals surface area contributed by atoms with E-state index in [2.05, 4.69) is 5.92 Å². The van der Waals surface area contributed by atoms with Crippen molar-refractivity contribution in [3.63, 3.8) is 0 Å². The molecule has 0 fully saturated rings. The zero-order valence-corrected chi connectivity index (χ0v) is 8.32. The highest BCUT2D eigenvalue weighted by atomic mass is 16.5. The average Bonchev–Trinajstić information content (AvgIpc) is 2.25. The Morgan fingerprint density at radius 3 is 2.93 bits per heavy atom. The van der Waals surface area contributed by atoms with Crippen LogP contribution in [0.1, 0.15) is 12.5 Å². The summed E-state index contributed by atoms with van der Waals surface area (Å²) in [6.45, 7) is 3.84. The molecule has 0 amide bonds. The molecule has 0 unspecified atom stereocenters. The Labute approximate surface area is 84.8 Å². The molecule has 0 bridgehead atoms. The lowest BCUT2D eigenvalue weighted by Crippen LogP contribution is -2.06. The van der Waals surface area contributed by atoms with E-state index < -0.39 is 0 Å². The highest BCUT2D eigenvalue weighted by Gasteiger charge is 1.94. The van der Waals surface area contributed by atoms with Crippen LogP contribution >= 0.6 is 0 Å². The topological polar surface area (TPSA) is 18.5 Å². The molecule has 1 rings (SSSR count). The molecular formula is C12H14O2. The summed E-state index contributed by atoms with van der Waals surface area (Å²) in [6.07, 6.45) is 5.26. The standard InChI is InChI=1S/C12H14O2/c1-3-11-6-5-7-12(10-11)14-9-8-13-4-2/h1,5-7,10H,4,8-9H2,2H3. The largest absolute Gasteiger partial charge is 0.491 e. The van der Waals surface area contributed by atoms with Gasteiger partial charge in [0.2, 0.25) is 0 Å². The van der Waals surface area contributed by atoms with Gasteiger partial charge in [0.25, 0.3) is 0 Å². The van der Waals surface area contributed by atoms with Gasteiger partial charge in [-0.25, -0.2) is 0 Å². The Morgan fingerprint density at radius 2 is 2.21 bits per heavy atom. The van der Waals surface area contributed by atoms with Crippen molar-refractivity contribution < 1.29 is 9.47 Å². The fraction of sp³-hybridized carbons (Fsp3) is 0.333. The Morgan fingerprint density at radius 1 is 1.36 bits per heavy atom. The van der Waals surface area contributed by atoms with E-state index in [-0.39, 0.29) is 0 Å². The molecule has 0 atom stereocenters. The molecule has 0 saturated carbocycles. The first-order valence-corrected chi connectivity index (χ1v) is 4.64. The average molecular weight is 190 g/mol. The Kier molecular flexibility index (Phi) is 4.60. The van der Waals surface area contributed by atoms with Crippen molar-refractivity contribution in [2.45, 2.75) is 6.92 Å². The van der Waals surface area contributed by atoms with Crippen molar-refractivity contribution in [1.82, 2.24) is 0 Å². The van der Waals surface area contributed by atoms with Crippen molar-refractivity contribution in [1.29, 1.82) is 0 Å². The molecule has 0 heterocycles. The smallest absolute Gasteiger partial charge is 0.120 e. The molecule has 0 N–H and O–H groups in total. The van der Waals surface area contributed by atoms with Crippen LogP contribution < -0.4 is 4.74 Å². The van der Waals surface area contributed by atoms with Crippen LogP contribution in [0.15, 0.2) is 24.3 Å². The summed E-state index contributed by atoms with van der Waals surface area (Å²) in [6, 6.07) is 7.47. The Hall–Kier alpha value is -1.46. The molecule has 74 valence electrons. The van der Waals surface area contributed by atoms with Gasteiger partial charge in [-0.05, 0) is 25.1 Å². The van der Waals surface area contributed by atoms with E-state index >= 15 is 0 Å². The van der Waals surface area contributed by atoms with Crippen molar-refractivity contribution in [2.75, 3.05) is 19.8 Å². The third kappa shape index (κ3) is 3.51. The molecule has 0 aromatic heterocycles. The normalized spacial score (nSPS) is 9.43. The van der Waals surface area contributed by atoms with Crippen LogP contribution in [0.5, 0.6) is 5.75 Å². The molecule has 0 aliphatic carbocycles. The summed E-state index contributed by atoms with van der Waals surface area (Å²) in [5.74, 6) is 3.35. The minimum absolute atomic E-state index is 0.557. The van der Waals surface area contributed by atoms with Crippen molar-refractivity contribution in [3.8, 4) is 18.1 Å². The fourth-order valence-corrected chi connectivity index (χ4v) is 1.04. The van der Waals surface area contributed by atoms with Gasteiger partial charge in [-0.15, -0.1) is 6.42 Å². The lowest BCUT2D eigenvalue weighted by Gasteiger charge is -2.05. The molecule has 0 spiro atoms. The molecule has 0 aliphatic heterocycles. The summed E-state index contributed by atoms with van der Waals surface area (Å²) in [5, 5.41) is 0. The third-order valence-corrected chi connectivity index (χ3v) is 1.70. The van der Waals surface area contributed by atoms with Crippen molar-refractivity contribution >= 4 is 0 Å². The van der Waals surface area contributed by atoms with Gasteiger partial charge in [0, 0.05) is 12.2 Å². The third-order valence-electron chi connectivity index (χ3n) is 1.70. The number of hydrogen-bond donors (Lipinski definition) is 0. The van der Waals surface area contributed by atoms with Crippen LogP contribution in [0, 0.1) is 12.3 Å². The maximum atomic E-state index is 5.43. The predicted molar refractivity (Wildman–Crippen MR) is 56.4 cm³/mol. The maximum absolute atomic E-state index is 5.43. The molecular weight excluding hydrogens is 176 g/mol. The minimum Gasteiger partial charge on any atom is -0.491 e. The van der Waals surface area contributed by atoms with E-state index in [0.29, 0.717) is 19.8 Å². The summed E-state index contributed by atoms with van der Waals surface area (Å²) >= 11 is 0. The minimum atomic E-state index is 0.557.